The Balaban J connectivity index is 1.33. The second kappa shape index (κ2) is 7.67. The monoisotopic (exact) mass is 381 g/mol. The molecule has 0 saturated heterocycles. The molecule has 1 aromatic carbocycles. The molecule has 0 bridgehead atoms. The molecule has 0 saturated carbocycles. The van der Waals surface area contributed by atoms with Gasteiger partial charge in [0, 0.05) is 23.7 Å². The topological polar surface area (TPSA) is 72.2 Å². The van der Waals surface area contributed by atoms with Crippen molar-refractivity contribution < 1.29 is 4.79 Å². The number of amides is 1. The summed E-state index contributed by atoms with van der Waals surface area (Å²) in [4.78, 5) is 17.6. The fraction of sp³-hybridized carbons (Fsp3) is 0.111. The Hall–Kier alpha value is -2.71. The van der Waals surface area contributed by atoms with Gasteiger partial charge in [-0.25, -0.2) is 4.98 Å². The van der Waals surface area contributed by atoms with E-state index in [1.165, 1.54) is 28.7 Å². The lowest BCUT2D eigenvalue weighted by molar-refractivity contribution is -0.113. The predicted molar refractivity (Wildman–Crippen MR) is 104 cm³/mol. The van der Waals surface area contributed by atoms with Crippen molar-refractivity contribution in [2.45, 2.75) is 11.6 Å². The number of hydrogen-bond donors (Lipinski definition) is 1. The molecule has 0 aliphatic carbocycles. The second-order valence-electron chi connectivity index (χ2n) is 5.54. The predicted octanol–water partition coefficient (Wildman–Crippen LogP) is 3.51. The summed E-state index contributed by atoms with van der Waals surface area (Å²) in [7, 11) is 0. The third-order valence-corrected chi connectivity index (χ3v) is 5.49. The Kier molecular flexibility index (Phi) is 4.94. The van der Waals surface area contributed by atoms with Gasteiger partial charge in [0.15, 0.2) is 15.9 Å². The third kappa shape index (κ3) is 3.92. The summed E-state index contributed by atoms with van der Waals surface area (Å²) >= 11 is 2.84. The van der Waals surface area contributed by atoms with Gasteiger partial charge in [0.05, 0.1) is 5.75 Å². The molecule has 0 unspecified atom stereocenters. The molecule has 0 fully saturated rings. The Morgan fingerprint density at radius 3 is 2.85 bits per heavy atom. The molecule has 0 spiro atoms. The molecule has 1 N–H and O–H groups in total. The van der Waals surface area contributed by atoms with Crippen molar-refractivity contribution in [3.8, 4) is 0 Å². The van der Waals surface area contributed by atoms with E-state index in [2.05, 4.69) is 32.6 Å². The first-order chi connectivity index (χ1) is 12.8. The van der Waals surface area contributed by atoms with Crippen LogP contribution in [-0.4, -0.2) is 31.2 Å². The summed E-state index contributed by atoms with van der Waals surface area (Å²) in [6.45, 7) is 0. The second-order valence-corrected chi connectivity index (χ2v) is 7.60. The first-order valence-corrected chi connectivity index (χ1v) is 9.79. The van der Waals surface area contributed by atoms with Crippen molar-refractivity contribution in [2.24, 2.45) is 0 Å². The van der Waals surface area contributed by atoms with Crippen LogP contribution in [0.1, 0.15) is 10.4 Å². The van der Waals surface area contributed by atoms with Gasteiger partial charge in [0.25, 0.3) is 0 Å². The van der Waals surface area contributed by atoms with E-state index in [1.54, 1.807) is 0 Å². The van der Waals surface area contributed by atoms with Crippen molar-refractivity contribution in [3.63, 3.8) is 0 Å². The Morgan fingerprint density at radius 1 is 1.12 bits per heavy atom. The van der Waals surface area contributed by atoms with Gasteiger partial charge in [-0.2, -0.15) is 0 Å². The highest BCUT2D eigenvalue weighted by atomic mass is 32.2. The van der Waals surface area contributed by atoms with Gasteiger partial charge in [-0.1, -0.05) is 48.2 Å². The summed E-state index contributed by atoms with van der Waals surface area (Å²) in [5.74, 6) is 0.145. The molecule has 3 aromatic heterocycles. The van der Waals surface area contributed by atoms with Crippen LogP contribution in [0, 0.1) is 0 Å². The summed E-state index contributed by atoms with van der Waals surface area (Å²) in [6.07, 6.45) is 4.51. The van der Waals surface area contributed by atoms with E-state index in [-0.39, 0.29) is 11.7 Å². The molecule has 130 valence electrons. The maximum absolute atomic E-state index is 12.2. The summed E-state index contributed by atoms with van der Waals surface area (Å²) in [5.41, 5.74) is 1.99. The highest BCUT2D eigenvalue weighted by Crippen LogP contribution is 2.22. The number of benzene rings is 1. The van der Waals surface area contributed by atoms with E-state index in [0.717, 1.165) is 16.9 Å². The Morgan fingerprint density at radius 2 is 1.96 bits per heavy atom. The summed E-state index contributed by atoms with van der Waals surface area (Å²) < 4.78 is 1.86. The molecule has 3 heterocycles. The number of fused-ring (bicyclic) bond motifs is 1. The zero-order valence-corrected chi connectivity index (χ0v) is 15.3. The zero-order chi connectivity index (χ0) is 17.8. The number of nitrogens with zero attached hydrogens (tertiary/aromatic N) is 4. The molecule has 1 amide bonds. The number of hydrogen-bond acceptors (Lipinski definition) is 6. The molecular formula is C18H15N5OS2. The quantitative estimate of drug-likeness (QED) is 0.518. The van der Waals surface area contributed by atoms with Gasteiger partial charge < -0.3 is 5.32 Å². The molecule has 6 nitrogen and oxygen atoms in total. The standard InChI is InChI=1S/C18H15N5OS2/c24-16(12-25-18-22-21-15-8-4-5-9-23(15)18)20-17-19-11-14(26-17)10-13-6-2-1-3-7-13/h1-9,11H,10,12H2,(H,19,20,24). The number of rotatable bonds is 6. The largest absolute Gasteiger partial charge is 0.301 e. The number of thiazole rings is 1. The van der Waals surface area contributed by atoms with Crippen LogP contribution < -0.4 is 5.32 Å². The van der Waals surface area contributed by atoms with E-state index >= 15 is 0 Å². The fourth-order valence-electron chi connectivity index (χ4n) is 2.45. The van der Waals surface area contributed by atoms with Crippen molar-refractivity contribution in [1.82, 2.24) is 19.6 Å². The first-order valence-electron chi connectivity index (χ1n) is 7.99. The van der Waals surface area contributed by atoms with Crippen LogP contribution in [0.4, 0.5) is 5.13 Å². The molecule has 0 atom stereocenters. The lowest BCUT2D eigenvalue weighted by Gasteiger charge is -2.01. The van der Waals surface area contributed by atoms with E-state index in [9.17, 15) is 4.79 Å². The SMILES string of the molecule is O=C(CSc1nnc2ccccn12)Nc1ncc(Cc2ccccc2)s1. The van der Waals surface area contributed by atoms with Crippen molar-refractivity contribution in [2.75, 3.05) is 11.1 Å². The van der Waals surface area contributed by atoms with Crippen LogP contribution in [-0.2, 0) is 11.2 Å². The third-order valence-electron chi connectivity index (χ3n) is 3.64. The molecule has 26 heavy (non-hydrogen) atoms. The number of aromatic nitrogens is 4. The number of carbonyl (C=O) groups is 1. The van der Waals surface area contributed by atoms with Crippen molar-refractivity contribution in [3.05, 3.63) is 71.4 Å². The minimum absolute atomic E-state index is 0.108. The number of pyridine rings is 1. The van der Waals surface area contributed by atoms with Gasteiger partial charge in [0.2, 0.25) is 5.91 Å². The normalized spacial score (nSPS) is 10.9. The number of thioether (sulfide) groups is 1. The molecule has 0 aliphatic rings. The summed E-state index contributed by atoms with van der Waals surface area (Å²) in [5, 5.41) is 12.3. The van der Waals surface area contributed by atoms with Gasteiger partial charge in [-0.3, -0.25) is 9.20 Å². The maximum atomic E-state index is 12.2. The van der Waals surface area contributed by atoms with Gasteiger partial charge >= 0.3 is 0 Å². The van der Waals surface area contributed by atoms with Gasteiger partial charge in [-0.05, 0) is 17.7 Å². The van der Waals surface area contributed by atoms with Crippen LogP contribution in [0.25, 0.3) is 5.65 Å². The minimum Gasteiger partial charge on any atom is -0.301 e. The lowest BCUT2D eigenvalue weighted by atomic mass is 10.1. The van der Waals surface area contributed by atoms with Crippen LogP contribution >= 0.6 is 23.1 Å². The molecule has 8 heteroatoms. The van der Waals surface area contributed by atoms with E-state index in [4.69, 9.17) is 0 Å². The van der Waals surface area contributed by atoms with E-state index in [0.29, 0.717) is 10.3 Å². The van der Waals surface area contributed by atoms with Gasteiger partial charge in [-0.15, -0.1) is 21.5 Å². The average Bonchev–Trinajstić information content (AvgIpc) is 3.28. The van der Waals surface area contributed by atoms with Crippen molar-refractivity contribution in [1.29, 1.82) is 0 Å². The minimum atomic E-state index is -0.108. The first kappa shape index (κ1) is 16.7. The number of carbonyl (C=O) groups excluding carboxylic acids is 1. The van der Waals surface area contributed by atoms with E-state index in [1.807, 2.05) is 53.2 Å². The molecule has 0 radical (unpaired) electrons. The van der Waals surface area contributed by atoms with Crippen molar-refractivity contribution >= 4 is 39.8 Å². The highest BCUT2D eigenvalue weighted by molar-refractivity contribution is 7.99. The van der Waals surface area contributed by atoms with Crippen LogP contribution in [0.5, 0.6) is 0 Å². The van der Waals surface area contributed by atoms with Crippen LogP contribution in [0.3, 0.4) is 0 Å². The van der Waals surface area contributed by atoms with Crippen LogP contribution in [0.2, 0.25) is 0 Å². The average molecular weight is 381 g/mol. The Labute approximate surface area is 158 Å². The number of anilines is 1. The zero-order valence-electron chi connectivity index (χ0n) is 13.7. The molecule has 4 rings (SSSR count). The van der Waals surface area contributed by atoms with Gasteiger partial charge in [0.1, 0.15) is 0 Å². The highest BCUT2D eigenvalue weighted by Gasteiger charge is 2.11. The Bertz CT molecular complexity index is 1030. The lowest BCUT2D eigenvalue weighted by Crippen LogP contribution is -2.14. The summed E-state index contributed by atoms with van der Waals surface area (Å²) in [6, 6.07) is 15.9. The molecular weight excluding hydrogens is 366 g/mol. The number of nitrogens with one attached hydrogen (secondary N) is 1. The van der Waals surface area contributed by atoms with Crippen LogP contribution in [0.15, 0.2) is 66.1 Å². The smallest absolute Gasteiger partial charge is 0.236 e. The fourth-order valence-corrected chi connectivity index (χ4v) is 4.03. The van der Waals surface area contributed by atoms with E-state index < -0.39 is 0 Å². The molecule has 0 aliphatic heterocycles. The maximum Gasteiger partial charge on any atom is 0.236 e. The molecule has 4 aromatic rings.